The third-order valence-corrected chi connectivity index (χ3v) is 6.11. The molecule has 31 heavy (non-hydrogen) atoms. The molecule has 2 heterocycles. The normalized spacial score (nSPS) is 19.2. The maximum absolute atomic E-state index is 13.4. The first-order chi connectivity index (χ1) is 15.1. The summed E-state index contributed by atoms with van der Waals surface area (Å²) in [4.78, 5) is 29.0. The van der Waals surface area contributed by atoms with Crippen molar-refractivity contribution >= 4 is 11.8 Å². The number of ether oxygens (including phenoxy) is 1. The summed E-state index contributed by atoms with van der Waals surface area (Å²) in [5.74, 6) is 0.504. The molecule has 2 saturated heterocycles. The van der Waals surface area contributed by atoms with Crippen LogP contribution in [-0.4, -0.2) is 54.4 Å². The molecule has 2 aliphatic heterocycles. The molecule has 1 unspecified atom stereocenters. The van der Waals surface area contributed by atoms with Crippen molar-refractivity contribution in [3.63, 3.8) is 0 Å². The monoisotopic (exact) mass is 424 g/mol. The lowest BCUT2D eigenvalue weighted by Crippen LogP contribution is -2.41. The molecule has 1 atom stereocenters. The van der Waals surface area contributed by atoms with Gasteiger partial charge in [-0.05, 0) is 74.6 Å². The van der Waals surface area contributed by atoms with Gasteiger partial charge in [0.1, 0.15) is 11.6 Å². The molecule has 0 radical (unpaired) electrons. The fraction of sp³-hybridized carbons (Fsp3) is 0.440. The highest BCUT2D eigenvalue weighted by atomic mass is 19.1. The van der Waals surface area contributed by atoms with Gasteiger partial charge in [-0.3, -0.25) is 9.59 Å². The van der Waals surface area contributed by atoms with E-state index in [1.807, 2.05) is 29.2 Å². The second-order valence-corrected chi connectivity index (χ2v) is 8.46. The molecule has 0 saturated carbocycles. The van der Waals surface area contributed by atoms with Crippen molar-refractivity contribution in [3.05, 3.63) is 65.5 Å². The Kier molecular flexibility index (Phi) is 6.85. The number of rotatable bonds is 5. The summed E-state index contributed by atoms with van der Waals surface area (Å²) >= 11 is 0. The summed E-state index contributed by atoms with van der Waals surface area (Å²) in [7, 11) is 0. The molecule has 2 fully saturated rings. The number of halogens is 1. The molecule has 164 valence electrons. The molecule has 6 heteroatoms. The van der Waals surface area contributed by atoms with E-state index in [1.54, 1.807) is 17.0 Å². The molecule has 2 amide bonds. The first-order valence-electron chi connectivity index (χ1n) is 11.2. The van der Waals surface area contributed by atoms with Crippen LogP contribution in [-0.2, 0) is 0 Å². The van der Waals surface area contributed by atoms with E-state index < -0.39 is 5.82 Å². The lowest BCUT2D eigenvalue weighted by atomic mass is 9.98. The zero-order valence-electron chi connectivity index (χ0n) is 17.8. The number of piperidine rings is 2. The SMILES string of the molecule is O=C(c1ccc(OCC2CCCN(C(=O)c3cccc(F)c3)C2)cc1)N1CCCCC1. The highest BCUT2D eigenvalue weighted by Crippen LogP contribution is 2.22. The Morgan fingerprint density at radius 2 is 1.58 bits per heavy atom. The Labute approximate surface area is 182 Å². The molecule has 4 rings (SSSR count). The van der Waals surface area contributed by atoms with Crippen molar-refractivity contribution in [1.29, 1.82) is 0 Å². The summed E-state index contributed by atoms with van der Waals surface area (Å²) in [6.07, 6.45) is 5.24. The van der Waals surface area contributed by atoms with Crippen molar-refractivity contribution in [3.8, 4) is 5.75 Å². The third-order valence-electron chi connectivity index (χ3n) is 6.11. The van der Waals surface area contributed by atoms with E-state index in [4.69, 9.17) is 4.74 Å². The molecule has 0 aromatic heterocycles. The second-order valence-electron chi connectivity index (χ2n) is 8.46. The number of nitrogens with zero attached hydrogens (tertiary/aromatic N) is 2. The number of benzene rings is 2. The lowest BCUT2D eigenvalue weighted by Gasteiger charge is -2.32. The highest BCUT2D eigenvalue weighted by molar-refractivity contribution is 5.94. The zero-order chi connectivity index (χ0) is 21.6. The zero-order valence-corrected chi connectivity index (χ0v) is 17.8. The van der Waals surface area contributed by atoms with E-state index in [9.17, 15) is 14.0 Å². The van der Waals surface area contributed by atoms with E-state index in [1.165, 1.54) is 18.6 Å². The molecule has 2 aliphatic rings. The Balaban J connectivity index is 1.29. The number of hydrogen-bond acceptors (Lipinski definition) is 3. The molecule has 0 spiro atoms. The van der Waals surface area contributed by atoms with Crippen LogP contribution >= 0.6 is 0 Å². The van der Waals surface area contributed by atoms with E-state index >= 15 is 0 Å². The smallest absolute Gasteiger partial charge is 0.253 e. The van der Waals surface area contributed by atoms with E-state index in [-0.39, 0.29) is 17.7 Å². The van der Waals surface area contributed by atoms with Gasteiger partial charge in [-0.2, -0.15) is 0 Å². The molecule has 5 nitrogen and oxygen atoms in total. The van der Waals surface area contributed by atoms with Gasteiger partial charge in [-0.1, -0.05) is 6.07 Å². The Hall–Kier alpha value is -2.89. The van der Waals surface area contributed by atoms with E-state index in [0.29, 0.717) is 30.8 Å². The maximum atomic E-state index is 13.4. The summed E-state index contributed by atoms with van der Waals surface area (Å²) in [5, 5.41) is 0. The molecule has 0 aliphatic carbocycles. The van der Waals surface area contributed by atoms with Crippen LogP contribution in [0.2, 0.25) is 0 Å². The summed E-state index contributed by atoms with van der Waals surface area (Å²) in [6.45, 7) is 3.46. The van der Waals surface area contributed by atoms with Crippen LogP contribution in [0.3, 0.4) is 0 Å². The van der Waals surface area contributed by atoms with Crippen molar-refractivity contribution in [2.75, 3.05) is 32.8 Å². The first kappa shape index (κ1) is 21.3. The van der Waals surface area contributed by atoms with E-state index in [0.717, 1.165) is 44.5 Å². The number of carbonyl (C=O) groups excluding carboxylic acids is 2. The van der Waals surface area contributed by atoms with Crippen LogP contribution in [0.5, 0.6) is 5.75 Å². The van der Waals surface area contributed by atoms with Gasteiger partial charge in [-0.25, -0.2) is 4.39 Å². The van der Waals surface area contributed by atoms with Crippen molar-refractivity contribution in [2.45, 2.75) is 32.1 Å². The fourth-order valence-corrected chi connectivity index (χ4v) is 4.38. The quantitative estimate of drug-likeness (QED) is 0.716. The molecule has 0 N–H and O–H groups in total. The molecular weight excluding hydrogens is 395 g/mol. The standard InChI is InChI=1S/C25H29FN2O3/c26-22-8-4-7-21(16-22)25(30)28-15-5-6-19(17-28)18-31-23-11-9-20(10-12-23)24(29)27-13-2-1-3-14-27/h4,7-12,16,19H,1-3,5-6,13-15,17-18H2. The van der Waals surface area contributed by atoms with Gasteiger partial charge in [0, 0.05) is 43.2 Å². The van der Waals surface area contributed by atoms with Crippen LogP contribution in [0.25, 0.3) is 0 Å². The predicted octanol–water partition coefficient (Wildman–Crippen LogP) is 4.38. The van der Waals surface area contributed by atoms with Crippen LogP contribution in [0.1, 0.15) is 52.8 Å². The fourth-order valence-electron chi connectivity index (χ4n) is 4.38. The maximum Gasteiger partial charge on any atom is 0.253 e. The minimum atomic E-state index is -0.398. The number of hydrogen-bond donors (Lipinski definition) is 0. The highest BCUT2D eigenvalue weighted by Gasteiger charge is 2.25. The van der Waals surface area contributed by atoms with Gasteiger partial charge in [-0.15, -0.1) is 0 Å². The average molecular weight is 425 g/mol. The molecule has 2 aromatic rings. The summed E-state index contributed by atoms with van der Waals surface area (Å²) in [6, 6.07) is 13.2. The largest absolute Gasteiger partial charge is 0.493 e. The number of carbonyl (C=O) groups is 2. The van der Waals surface area contributed by atoms with Crippen LogP contribution in [0.4, 0.5) is 4.39 Å². The third kappa shape index (κ3) is 5.43. The van der Waals surface area contributed by atoms with Crippen LogP contribution < -0.4 is 4.74 Å². The number of amides is 2. The predicted molar refractivity (Wildman–Crippen MR) is 117 cm³/mol. The van der Waals surface area contributed by atoms with Crippen LogP contribution in [0.15, 0.2) is 48.5 Å². The van der Waals surface area contributed by atoms with Crippen molar-refractivity contribution < 1.29 is 18.7 Å². The second kappa shape index (κ2) is 9.94. The van der Waals surface area contributed by atoms with Gasteiger partial charge >= 0.3 is 0 Å². The summed E-state index contributed by atoms with van der Waals surface area (Å²) in [5.41, 5.74) is 1.08. The van der Waals surface area contributed by atoms with Gasteiger partial charge in [0.05, 0.1) is 6.61 Å². The minimum absolute atomic E-state index is 0.0880. The molecule has 0 bridgehead atoms. The van der Waals surface area contributed by atoms with Crippen molar-refractivity contribution in [2.24, 2.45) is 5.92 Å². The Bertz CT molecular complexity index is 909. The molecular formula is C25H29FN2O3. The van der Waals surface area contributed by atoms with Gasteiger partial charge in [0.2, 0.25) is 0 Å². The van der Waals surface area contributed by atoms with Crippen molar-refractivity contribution in [1.82, 2.24) is 9.80 Å². The lowest BCUT2D eigenvalue weighted by molar-refractivity contribution is 0.0632. The van der Waals surface area contributed by atoms with Crippen LogP contribution in [0, 0.1) is 11.7 Å². The minimum Gasteiger partial charge on any atom is -0.493 e. The first-order valence-corrected chi connectivity index (χ1v) is 11.2. The number of likely N-dealkylation sites (tertiary alicyclic amines) is 2. The summed E-state index contributed by atoms with van der Waals surface area (Å²) < 4.78 is 19.4. The van der Waals surface area contributed by atoms with Gasteiger partial charge in [0.15, 0.2) is 0 Å². The Morgan fingerprint density at radius 3 is 2.32 bits per heavy atom. The average Bonchev–Trinajstić information content (AvgIpc) is 2.83. The van der Waals surface area contributed by atoms with Gasteiger partial charge < -0.3 is 14.5 Å². The Morgan fingerprint density at radius 1 is 0.871 bits per heavy atom. The van der Waals surface area contributed by atoms with Gasteiger partial charge in [0.25, 0.3) is 11.8 Å². The molecule has 2 aromatic carbocycles. The topological polar surface area (TPSA) is 49.9 Å². The van der Waals surface area contributed by atoms with E-state index in [2.05, 4.69) is 0 Å².